The molecular weight excluding hydrogens is 335 g/mol. The van der Waals surface area contributed by atoms with Gasteiger partial charge in [0.2, 0.25) is 0 Å². The molecule has 3 heterocycles. The minimum atomic E-state index is -4.58. The minimum absolute atomic E-state index is 0.108. The number of H-pyrrole nitrogens is 1. The molecule has 0 atom stereocenters. The van der Waals surface area contributed by atoms with Crippen LogP contribution in [-0.2, 0) is 10.9 Å². The number of rotatable bonds is 2. The van der Waals surface area contributed by atoms with E-state index in [1.54, 1.807) is 6.92 Å². The van der Waals surface area contributed by atoms with Gasteiger partial charge in [0.25, 0.3) is 0 Å². The quantitative estimate of drug-likeness (QED) is 0.846. The average molecular weight is 348 g/mol. The third-order valence-electron chi connectivity index (χ3n) is 3.54. The van der Waals surface area contributed by atoms with Gasteiger partial charge in [-0.3, -0.25) is 5.10 Å². The normalized spacial score (nSPS) is 16.0. The van der Waals surface area contributed by atoms with Crippen LogP contribution in [0.25, 0.3) is 11.4 Å². The highest BCUT2D eigenvalue weighted by molar-refractivity contribution is 6.30. The van der Waals surface area contributed by atoms with Crippen molar-refractivity contribution in [2.24, 2.45) is 0 Å². The van der Waals surface area contributed by atoms with Crippen molar-refractivity contribution in [1.29, 1.82) is 0 Å². The van der Waals surface area contributed by atoms with Gasteiger partial charge in [-0.05, 0) is 6.92 Å². The number of ether oxygens (including phenoxy) is 1. The molecule has 2 aromatic rings. The number of aromatic amines is 1. The Morgan fingerprint density at radius 3 is 2.61 bits per heavy atom. The molecule has 0 unspecified atom stereocenters. The van der Waals surface area contributed by atoms with Crippen molar-refractivity contribution in [1.82, 2.24) is 20.2 Å². The van der Waals surface area contributed by atoms with Crippen LogP contribution >= 0.6 is 11.6 Å². The molecule has 3 rings (SSSR count). The van der Waals surface area contributed by atoms with Crippen molar-refractivity contribution in [3.05, 3.63) is 22.6 Å². The molecular formula is C13H13ClF3N5O. The maximum absolute atomic E-state index is 13.0. The predicted octanol–water partition coefficient (Wildman–Crippen LogP) is 2.68. The maximum Gasteiger partial charge on any atom is 0.433 e. The van der Waals surface area contributed by atoms with Crippen LogP contribution in [0.4, 0.5) is 19.0 Å². The van der Waals surface area contributed by atoms with E-state index in [4.69, 9.17) is 16.3 Å². The van der Waals surface area contributed by atoms with Crippen LogP contribution in [-0.4, -0.2) is 46.5 Å². The van der Waals surface area contributed by atoms with Gasteiger partial charge in [0.15, 0.2) is 11.5 Å². The van der Waals surface area contributed by atoms with E-state index in [0.29, 0.717) is 37.7 Å². The predicted molar refractivity (Wildman–Crippen MR) is 77.4 cm³/mol. The fourth-order valence-electron chi connectivity index (χ4n) is 2.35. The molecule has 6 nitrogen and oxygen atoms in total. The summed E-state index contributed by atoms with van der Waals surface area (Å²) in [7, 11) is 0. The molecule has 23 heavy (non-hydrogen) atoms. The average Bonchev–Trinajstić information content (AvgIpc) is 3.00. The van der Waals surface area contributed by atoms with Crippen molar-refractivity contribution in [2.45, 2.75) is 13.1 Å². The van der Waals surface area contributed by atoms with E-state index < -0.39 is 11.9 Å². The lowest BCUT2D eigenvalue weighted by atomic mass is 10.2. The van der Waals surface area contributed by atoms with E-state index in [-0.39, 0.29) is 16.5 Å². The number of morpholine rings is 1. The molecule has 0 amide bonds. The highest BCUT2D eigenvalue weighted by Crippen LogP contribution is 2.36. The first-order valence-electron chi connectivity index (χ1n) is 6.85. The standard InChI is InChI=1S/C13H13ClF3N5O/c1-7-10(14)19-11(8-6-18-21-9(8)13(15,16)17)20-12(7)22-2-4-23-5-3-22/h6H,2-5H2,1H3,(H,18,21). The lowest BCUT2D eigenvalue weighted by Crippen LogP contribution is -2.37. The molecule has 1 aliphatic heterocycles. The van der Waals surface area contributed by atoms with Crippen molar-refractivity contribution in [3.63, 3.8) is 0 Å². The molecule has 1 aliphatic rings. The SMILES string of the molecule is Cc1c(Cl)nc(-c2cn[nH]c2C(F)(F)F)nc1N1CCOCC1. The first-order valence-corrected chi connectivity index (χ1v) is 7.23. The Balaban J connectivity index is 2.07. The Labute approximate surface area is 134 Å². The largest absolute Gasteiger partial charge is 0.433 e. The Morgan fingerprint density at radius 1 is 1.26 bits per heavy atom. The zero-order valence-electron chi connectivity index (χ0n) is 12.1. The number of anilines is 1. The van der Waals surface area contributed by atoms with E-state index in [0.717, 1.165) is 6.20 Å². The summed E-state index contributed by atoms with van der Waals surface area (Å²) in [5, 5.41) is 5.52. The van der Waals surface area contributed by atoms with Gasteiger partial charge in [-0.15, -0.1) is 0 Å². The lowest BCUT2D eigenvalue weighted by Gasteiger charge is -2.29. The number of nitrogens with zero attached hydrogens (tertiary/aromatic N) is 4. The third kappa shape index (κ3) is 3.11. The Morgan fingerprint density at radius 2 is 1.96 bits per heavy atom. The van der Waals surface area contributed by atoms with Gasteiger partial charge in [-0.2, -0.15) is 18.3 Å². The fraction of sp³-hybridized carbons (Fsp3) is 0.462. The zero-order chi connectivity index (χ0) is 16.6. The van der Waals surface area contributed by atoms with Gasteiger partial charge < -0.3 is 9.64 Å². The molecule has 0 radical (unpaired) electrons. The minimum Gasteiger partial charge on any atom is -0.378 e. The summed E-state index contributed by atoms with van der Waals surface area (Å²) in [6.07, 6.45) is -3.53. The molecule has 2 aromatic heterocycles. The first kappa shape index (κ1) is 16.0. The van der Waals surface area contributed by atoms with Gasteiger partial charge in [-0.25, -0.2) is 9.97 Å². The van der Waals surface area contributed by atoms with Crippen molar-refractivity contribution in [3.8, 4) is 11.4 Å². The molecule has 1 N–H and O–H groups in total. The van der Waals surface area contributed by atoms with Gasteiger partial charge in [0.1, 0.15) is 11.0 Å². The van der Waals surface area contributed by atoms with Crippen LogP contribution in [0.1, 0.15) is 11.3 Å². The molecule has 124 valence electrons. The third-order valence-corrected chi connectivity index (χ3v) is 3.90. The van der Waals surface area contributed by atoms with Gasteiger partial charge in [0, 0.05) is 18.7 Å². The van der Waals surface area contributed by atoms with Crippen molar-refractivity contribution >= 4 is 17.4 Å². The van der Waals surface area contributed by atoms with Crippen LogP contribution in [0, 0.1) is 6.92 Å². The summed E-state index contributed by atoms with van der Waals surface area (Å²) < 4.78 is 44.3. The molecule has 0 bridgehead atoms. The molecule has 1 saturated heterocycles. The Kier molecular flexibility index (Phi) is 4.15. The molecule has 0 aliphatic carbocycles. The van der Waals surface area contributed by atoms with Crippen LogP contribution in [0.5, 0.6) is 0 Å². The van der Waals surface area contributed by atoms with E-state index in [1.165, 1.54) is 0 Å². The van der Waals surface area contributed by atoms with Gasteiger partial charge in [-0.1, -0.05) is 11.6 Å². The number of nitrogens with one attached hydrogen (secondary N) is 1. The van der Waals surface area contributed by atoms with Gasteiger partial charge >= 0.3 is 6.18 Å². The van der Waals surface area contributed by atoms with Crippen LogP contribution < -0.4 is 4.90 Å². The van der Waals surface area contributed by atoms with Crippen LogP contribution in [0.15, 0.2) is 6.20 Å². The maximum atomic E-state index is 13.0. The Hall–Kier alpha value is -1.87. The van der Waals surface area contributed by atoms with E-state index in [1.807, 2.05) is 10.00 Å². The van der Waals surface area contributed by atoms with E-state index in [9.17, 15) is 13.2 Å². The molecule has 0 aromatic carbocycles. The molecule has 0 spiro atoms. The second kappa shape index (κ2) is 5.97. The number of halogens is 4. The van der Waals surface area contributed by atoms with Crippen LogP contribution in [0.3, 0.4) is 0 Å². The highest BCUT2D eigenvalue weighted by atomic mass is 35.5. The number of alkyl halides is 3. The van der Waals surface area contributed by atoms with E-state index >= 15 is 0 Å². The fourth-order valence-corrected chi connectivity index (χ4v) is 2.52. The lowest BCUT2D eigenvalue weighted by molar-refractivity contribution is -0.140. The second-order valence-electron chi connectivity index (χ2n) is 5.04. The summed E-state index contributed by atoms with van der Waals surface area (Å²) in [6, 6.07) is 0. The molecule has 0 saturated carbocycles. The zero-order valence-corrected chi connectivity index (χ0v) is 12.9. The number of aromatic nitrogens is 4. The van der Waals surface area contributed by atoms with Crippen molar-refractivity contribution < 1.29 is 17.9 Å². The monoisotopic (exact) mass is 347 g/mol. The summed E-state index contributed by atoms with van der Waals surface area (Å²) in [4.78, 5) is 10.2. The summed E-state index contributed by atoms with van der Waals surface area (Å²) in [6.45, 7) is 3.96. The summed E-state index contributed by atoms with van der Waals surface area (Å²) in [5.41, 5.74) is -0.603. The van der Waals surface area contributed by atoms with E-state index in [2.05, 4.69) is 15.1 Å². The van der Waals surface area contributed by atoms with Crippen LogP contribution in [0.2, 0.25) is 5.15 Å². The number of hydrogen-bond acceptors (Lipinski definition) is 5. The molecule has 10 heteroatoms. The highest BCUT2D eigenvalue weighted by Gasteiger charge is 2.37. The molecule has 1 fully saturated rings. The topological polar surface area (TPSA) is 66.9 Å². The van der Waals surface area contributed by atoms with Crippen molar-refractivity contribution in [2.75, 3.05) is 31.2 Å². The first-order chi connectivity index (χ1) is 10.9. The van der Waals surface area contributed by atoms with Gasteiger partial charge in [0.05, 0.1) is 25.0 Å². The number of hydrogen-bond donors (Lipinski definition) is 1. The second-order valence-corrected chi connectivity index (χ2v) is 5.40. The smallest absolute Gasteiger partial charge is 0.378 e. The summed E-state index contributed by atoms with van der Waals surface area (Å²) in [5.74, 6) is 0.404. The summed E-state index contributed by atoms with van der Waals surface area (Å²) >= 11 is 6.10. The Bertz CT molecular complexity index is 712.